The van der Waals surface area contributed by atoms with Crippen LogP contribution in [0.2, 0.25) is 0 Å². The maximum absolute atomic E-state index is 5.82. The monoisotopic (exact) mass is 369 g/mol. The van der Waals surface area contributed by atoms with Gasteiger partial charge in [0.1, 0.15) is 18.1 Å². The molecular weight excluding hydrogens is 334 g/mol. The predicted molar refractivity (Wildman–Crippen MR) is 115 cm³/mol. The maximum Gasteiger partial charge on any atom is 0.119 e. The van der Waals surface area contributed by atoms with Crippen LogP contribution < -0.4 is 14.8 Å². The number of nitrogens with one attached hydrogen (secondary N) is 1. The highest BCUT2D eigenvalue weighted by Crippen LogP contribution is 2.24. The van der Waals surface area contributed by atoms with Gasteiger partial charge in [0.05, 0.1) is 6.61 Å². The molecule has 0 saturated heterocycles. The summed E-state index contributed by atoms with van der Waals surface area (Å²) in [6.07, 6.45) is 4.91. The van der Waals surface area contributed by atoms with Crippen LogP contribution in [0.3, 0.4) is 0 Å². The molecule has 0 fully saturated rings. The first kappa shape index (κ1) is 21.1. The molecule has 0 bridgehead atoms. The van der Waals surface area contributed by atoms with Crippen LogP contribution in [0, 0.1) is 0 Å². The fourth-order valence-corrected chi connectivity index (χ4v) is 2.80. The third-order valence-corrected chi connectivity index (χ3v) is 4.54. The molecule has 0 saturated carbocycles. The molecule has 0 unspecified atom stereocenters. The first-order chi connectivity index (χ1) is 13.0. The summed E-state index contributed by atoms with van der Waals surface area (Å²) in [7, 11) is 0. The standard InChI is InChI=1S/C24H35NO2/c1-5-6-7-8-18-26-23-15-11-21(12-16-23)25-17-19-27-22-13-9-20(10-14-22)24(2,3)4/h9-16,25H,5-8,17-19H2,1-4H3. The van der Waals surface area contributed by atoms with E-state index in [4.69, 9.17) is 9.47 Å². The van der Waals surface area contributed by atoms with Gasteiger partial charge >= 0.3 is 0 Å². The van der Waals surface area contributed by atoms with Crippen molar-refractivity contribution in [2.45, 2.75) is 58.8 Å². The fraction of sp³-hybridized carbons (Fsp3) is 0.500. The van der Waals surface area contributed by atoms with Crippen LogP contribution in [0.5, 0.6) is 11.5 Å². The lowest BCUT2D eigenvalue weighted by atomic mass is 9.87. The lowest BCUT2D eigenvalue weighted by Gasteiger charge is -2.19. The van der Waals surface area contributed by atoms with Crippen molar-refractivity contribution in [1.29, 1.82) is 0 Å². The largest absolute Gasteiger partial charge is 0.494 e. The average Bonchev–Trinajstić information content (AvgIpc) is 2.66. The van der Waals surface area contributed by atoms with Crippen molar-refractivity contribution in [3.63, 3.8) is 0 Å². The Bertz CT molecular complexity index is 642. The highest BCUT2D eigenvalue weighted by Gasteiger charge is 2.12. The molecule has 0 aromatic heterocycles. The molecule has 0 aliphatic rings. The van der Waals surface area contributed by atoms with Crippen LogP contribution in [0.15, 0.2) is 48.5 Å². The quantitative estimate of drug-likeness (QED) is 0.463. The highest BCUT2D eigenvalue weighted by molar-refractivity contribution is 5.46. The molecule has 0 spiro atoms. The van der Waals surface area contributed by atoms with Gasteiger partial charge in [0.25, 0.3) is 0 Å². The van der Waals surface area contributed by atoms with Gasteiger partial charge in [0.2, 0.25) is 0 Å². The minimum Gasteiger partial charge on any atom is -0.494 e. The maximum atomic E-state index is 5.82. The molecule has 2 rings (SSSR count). The topological polar surface area (TPSA) is 30.5 Å². The van der Waals surface area contributed by atoms with Gasteiger partial charge in [-0.05, 0) is 53.8 Å². The van der Waals surface area contributed by atoms with Gasteiger partial charge in [-0.1, -0.05) is 59.1 Å². The number of benzene rings is 2. The zero-order valence-electron chi connectivity index (χ0n) is 17.4. The van der Waals surface area contributed by atoms with E-state index >= 15 is 0 Å². The molecule has 0 radical (unpaired) electrons. The van der Waals surface area contributed by atoms with Gasteiger partial charge in [0.15, 0.2) is 0 Å². The number of hydrogen-bond acceptors (Lipinski definition) is 3. The van der Waals surface area contributed by atoms with E-state index in [9.17, 15) is 0 Å². The molecule has 0 aliphatic heterocycles. The van der Waals surface area contributed by atoms with Gasteiger partial charge in [-0.2, -0.15) is 0 Å². The van der Waals surface area contributed by atoms with Gasteiger partial charge < -0.3 is 14.8 Å². The first-order valence-corrected chi connectivity index (χ1v) is 10.2. The molecule has 3 heteroatoms. The second kappa shape index (κ2) is 10.9. The summed E-state index contributed by atoms with van der Waals surface area (Å²) >= 11 is 0. The van der Waals surface area contributed by atoms with Gasteiger partial charge in [-0.15, -0.1) is 0 Å². The Labute approximate surface area is 165 Å². The second-order valence-electron chi connectivity index (χ2n) is 7.98. The van der Waals surface area contributed by atoms with Crippen molar-refractivity contribution in [2.24, 2.45) is 0 Å². The van der Waals surface area contributed by atoms with Crippen LogP contribution in [0.25, 0.3) is 0 Å². The molecule has 0 amide bonds. The van der Waals surface area contributed by atoms with Crippen LogP contribution >= 0.6 is 0 Å². The Morgan fingerprint density at radius 2 is 1.33 bits per heavy atom. The van der Waals surface area contributed by atoms with Crippen molar-refractivity contribution in [1.82, 2.24) is 0 Å². The summed E-state index contributed by atoms with van der Waals surface area (Å²) in [5.74, 6) is 1.85. The lowest BCUT2D eigenvalue weighted by molar-refractivity contribution is 0.305. The van der Waals surface area contributed by atoms with Crippen LogP contribution in [0.1, 0.15) is 58.9 Å². The van der Waals surface area contributed by atoms with E-state index in [0.29, 0.717) is 6.61 Å². The summed E-state index contributed by atoms with van der Waals surface area (Å²) < 4.78 is 11.6. The minimum atomic E-state index is 0.172. The van der Waals surface area contributed by atoms with Crippen molar-refractivity contribution in [2.75, 3.05) is 25.1 Å². The van der Waals surface area contributed by atoms with Crippen LogP contribution in [-0.2, 0) is 5.41 Å². The van der Waals surface area contributed by atoms with E-state index in [1.54, 1.807) is 0 Å². The summed E-state index contributed by atoms with van der Waals surface area (Å²) in [5.41, 5.74) is 2.58. The SMILES string of the molecule is CCCCCCOc1ccc(NCCOc2ccc(C(C)(C)C)cc2)cc1. The number of ether oxygens (including phenoxy) is 2. The lowest BCUT2D eigenvalue weighted by Crippen LogP contribution is -2.12. The summed E-state index contributed by atoms with van der Waals surface area (Å²) in [5, 5.41) is 3.38. The van der Waals surface area contributed by atoms with Crippen LogP contribution in [-0.4, -0.2) is 19.8 Å². The Balaban J connectivity index is 1.65. The second-order valence-corrected chi connectivity index (χ2v) is 7.98. The van der Waals surface area contributed by atoms with Gasteiger partial charge in [0, 0.05) is 12.2 Å². The molecule has 27 heavy (non-hydrogen) atoms. The Hall–Kier alpha value is -2.16. The minimum absolute atomic E-state index is 0.172. The molecule has 2 aromatic rings. The zero-order chi connectivity index (χ0) is 19.5. The Kier molecular flexibility index (Phi) is 8.50. The van der Waals surface area contributed by atoms with E-state index < -0.39 is 0 Å². The van der Waals surface area contributed by atoms with E-state index in [1.807, 2.05) is 24.3 Å². The number of hydrogen-bond donors (Lipinski definition) is 1. The zero-order valence-corrected chi connectivity index (χ0v) is 17.4. The van der Waals surface area contributed by atoms with Crippen molar-refractivity contribution >= 4 is 5.69 Å². The number of rotatable bonds is 11. The molecule has 0 atom stereocenters. The molecule has 2 aromatic carbocycles. The van der Waals surface area contributed by atoms with Gasteiger partial charge in [-0.3, -0.25) is 0 Å². The third-order valence-electron chi connectivity index (χ3n) is 4.54. The first-order valence-electron chi connectivity index (χ1n) is 10.2. The Morgan fingerprint density at radius 1 is 0.741 bits per heavy atom. The van der Waals surface area contributed by atoms with E-state index in [2.05, 4.69) is 57.3 Å². The van der Waals surface area contributed by atoms with E-state index in [1.165, 1.54) is 24.8 Å². The molecular formula is C24H35NO2. The van der Waals surface area contributed by atoms with Crippen LogP contribution in [0.4, 0.5) is 5.69 Å². The fourth-order valence-electron chi connectivity index (χ4n) is 2.80. The normalized spacial score (nSPS) is 11.3. The molecule has 1 N–H and O–H groups in total. The molecule has 3 nitrogen and oxygen atoms in total. The smallest absolute Gasteiger partial charge is 0.119 e. The van der Waals surface area contributed by atoms with E-state index in [-0.39, 0.29) is 5.41 Å². The predicted octanol–water partition coefficient (Wildman–Crippen LogP) is 6.43. The third kappa shape index (κ3) is 7.94. The summed E-state index contributed by atoms with van der Waals surface area (Å²) in [4.78, 5) is 0. The van der Waals surface area contributed by atoms with Crippen molar-refractivity contribution < 1.29 is 9.47 Å². The summed E-state index contributed by atoms with van der Waals surface area (Å²) in [6, 6.07) is 16.5. The van der Waals surface area contributed by atoms with Crippen molar-refractivity contribution in [3.05, 3.63) is 54.1 Å². The molecule has 148 valence electrons. The highest BCUT2D eigenvalue weighted by atomic mass is 16.5. The van der Waals surface area contributed by atoms with E-state index in [0.717, 1.165) is 36.8 Å². The molecule has 0 aliphatic carbocycles. The summed E-state index contributed by atoms with van der Waals surface area (Å²) in [6.45, 7) is 11.1. The number of unbranched alkanes of at least 4 members (excludes halogenated alkanes) is 3. The Morgan fingerprint density at radius 3 is 1.93 bits per heavy atom. The number of anilines is 1. The molecule has 0 heterocycles. The van der Waals surface area contributed by atoms with Crippen molar-refractivity contribution in [3.8, 4) is 11.5 Å². The van der Waals surface area contributed by atoms with Gasteiger partial charge in [-0.25, -0.2) is 0 Å². The average molecular weight is 370 g/mol.